The van der Waals surface area contributed by atoms with Gasteiger partial charge in [-0.2, -0.15) is 13.2 Å². The van der Waals surface area contributed by atoms with Crippen molar-refractivity contribution in [3.8, 4) is 0 Å². The lowest BCUT2D eigenvalue weighted by Gasteiger charge is -2.28. The fraction of sp³-hybridized carbons (Fsp3) is 0.714. The van der Waals surface area contributed by atoms with Gasteiger partial charge in [0.05, 0.1) is 6.54 Å². The van der Waals surface area contributed by atoms with Gasteiger partial charge in [-0.15, -0.1) is 10.2 Å². The smallest absolute Gasteiger partial charge is 0.343 e. The maximum atomic E-state index is 12.8. The number of alkyl halides is 3. The average Bonchev–Trinajstić information content (AvgIpc) is 3.19. The molecule has 0 radical (unpaired) electrons. The van der Waals surface area contributed by atoms with Gasteiger partial charge in [-0.3, -0.25) is 9.59 Å². The highest BCUT2D eigenvalue weighted by Gasteiger charge is 2.39. The summed E-state index contributed by atoms with van der Waals surface area (Å²) in [7, 11) is 0. The number of hydrogen-bond donors (Lipinski definition) is 0. The maximum absolute atomic E-state index is 12.8. The van der Waals surface area contributed by atoms with Crippen LogP contribution in [-0.4, -0.2) is 56.0 Å². The molecule has 2 aliphatic heterocycles. The molecule has 0 aliphatic carbocycles. The topological polar surface area (TPSA) is 71.3 Å². The molecule has 0 atom stereocenters. The molecule has 0 N–H and O–H groups in total. The zero-order chi connectivity index (χ0) is 17.3. The lowest BCUT2D eigenvalue weighted by Crippen LogP contribution is -2.40. The first kappa shape index (κ1) is 16.7. The highest BCUT2D eigenvalue weighted by molar-refractivity contribution is 5.84. The van der Waals surface area contributed by atoms with Gasteiger partial charge in [-0.1, -0.05) is 0 Å². The van der Waals surface area contributed by atoms with Crippen LogP contribution in [0.1, 0.15) is 37.3 Å². The summed E-state index contributed by atoms with van der Waals surface area (Å²) >= 11 is 0. The van der Waals surface area contributed by atoms with E-state index in [4.69, 9.17) is 0 Å². The zero-order valence-corrected chi connectivity index (χ0v) is 13.1. The van der Waals surface area contributed by atoms with Crippen LogP contribution in [0.2, 0.25) is 0 Å². The Balaban J connectivity index is 1.56. The Morgan fingerprint density at radius 1 is 0.917 bits per heavy atom. The summed E-state index contributed by atoms with van der Waals surface area (Å²) in [5, 5.41) is 6.72. The van der Waals surface area contributed by atoms with Crippen molar-refractivity contribution in [2.75, 3.05) is 19.6 Å². The van der Waals surface area contributed by atoms with Crippen molar-refractivity contribution in [1.82, 2.24) is 24.6 Å². The number of likely N-dealkylation sites (tertiary alicyclic amines) is 1. The average molecular weight is 345 g/mol. The molecule has 1 aromatic heterocycles. The number of carbonyl (C=O) groups is 2. The molecule has 0 aromatic carbocycles. The van der Waals surface area contributed by atoms with E-state index in [1.165, 1.54) is 4.90 Å². The molecule has 2 aliphatic rings. The van der Waals surface area contributed by atoms with Crippen molar-refractivity contribution in [3.05, 3.63) is 11.6 Å². The molecule has 3 heterocycles. The molecule has 0 saturated carbocycles. The molecular formula is C14H18F3N5O2. The van der Waals surface area contributed by atoms with E-state index in [9.17, 15) is 22.8 Å². The molecule has 0 bridgehead atoms. The third kappa shape index (κ3) is 3.36. The quantitative estimate of drug-likeness (QED) is 0.821. The Kier molecular flexibility index (Phi) is 4.46. The number of amides is 2. The van der Waals surface area contributed by atoms with Crippen molar-refractivity contribution >= 4 is 11.8 Å². The standard InChI is InChI=1S/C14H18F3N5O2/c15-14(16,17)13-19-18-10-9-21(7-8-22(10)13)12(24)4-3-11(23)20-5-1-2-6-20/h1-9H2. The van der Waals surface area contributed by atoms with Gasteiger partial charge in [0.2, 0.25) is 17.6 Å². The highest BCUT2D eigenvalue weighted by atomic mass is 19.4. The maximum Gasteiger partial charge on any atom is 0.451 e. The van der Waals surface area contributed by atoms with E-state index in [-0.39, 0.29) is 50.1 Å². The van der Waals surface area contributed by atoms with Gasteiger partial charge in [0.25, 0.3) is 0 Å². The molecule has 10 heteroatoms. The molecule has 0 unspecified atom stereocenters. The van der Waals surface area contributed by atoms with E-state index in [0.29, 0.717) is 0 Å². The van der Waals surface area contributed by atoms with Crippen molar-refractivity contribution < 1.29 is 22.8 Å². The minimum Gasteiger partial charge on any atom is -0.343 e. The molecule has 3 rings (SSSR count). The Bertz CT molecular complexity index is 637. The van der Waals surface area contributed by atoms with E-state index in [1.54, 1.807) is 4.90 Å². The van der Waals surface area contributed by atoms with E-state index in [1.807, 2.05) is 0 Å². The lowest BCUT2D eigenvalue weighted by molar-refractivity contribution is -0.148. The second-order valence-corrected chi connectivity index (χ2v) is 5.99. The van der Waals surface area contributed by atoms with E-state index >= 15 is 0 Å². The summed E-state index contributed by atoms with van der Waals surface area (Å²) in [4.78, 5) is 27.3. The molecular weight excluding hydrogens is 327 g/mol. The third-order valence-electron chi connectivity index (χ3n) is 4.37. The minimum absolute atomic E-state index is 0.00296. The second kappa shape index (κ2) is 6.40. The first-order valence-corrected chi connectivity index (χ1v) is 7.91. The summed E-state index contributed by atoms with van der Waals surface area (Å²) in [6.45, 7) is 1.62. The fourth-order valence-electron chi connectivity index (χ4n) is 3.08. The second-order valence-electron chi connectivity index (χ2n) is 5.99. The van der Waals surface area contributed by atoms with Crippen LogP contribution in [0.3, 0.4) is 0 Å². The predicted octanol–water partition coefficient (Wildman–Crippen LogP) is 1.04. The number of carbonyl (C=O) groups excluding carboxylic acids is 2. The Morgan fingerprint density at radius 2 is 1.54 bits per heavy atom. The van der Waals surface area contributed by atoms with Gasteiger partial charge >= 0.3 is 6.18 Å². The molecule has 7 nitrogen and oxygen atoms in total. The number of rotatable bonds is 3. The first-order valence-electron chi connectivity index (χ1n) is 7.91. The van der Waals surface area contributed by atoms with Gasteiger partial charge in [0, 0.05) is 39.0 Å². The Labute approximate surface area is 136 Å². The molecule has 1 fully saturated rings. The minimum atomic E-state index is -4.56. The summed E-state index contributed by atoms with van der Waals surface area (Å²) in [6, 6.07) is 0. The van der Waals surface area contributed by atoms with Gasteiger partial charge in [-0.05, 0) is 12.8 Å². The van der Waals surface area contributed by atoms with Gasteiger partial charge in [0.1, 0.15) is 0 Å². The molecule has 132 valence electrons. The van der Waals surface area contributed by atoms with Crippen LogP contribution in [-0.2, 0) is 28.9 Å². The van der Waals surface area contributed by atoms with Crippen molar-refractivity contribution in [1.29, 1.82) is 0 Å². The molecule has 24 heavy (non-hydrogen) atoms. The number of aromatic nitrogens is 3. The van der Waals surface area contributed by atoms with Crippen molar-refractivity contribution in [2.24, 2.45) is 0 Å². The summed E-state index contributed by atoms with van der Waals surface area (Å²) in [5.41, 5.74) is 0. The van der Waals surface area contributed by atoms with Crippen LogP contribution < -0.4 is 0 Å². The number of halogens is 3. The normalized spacial score (nSPS) is 18.0. The Morgan fingerprint density at radius 3 is 2.17 bits per heavy atom. The van der Waals surface area contributed by atoms with Crippen LogP contribution in [0.5, 0.6) is 0 Å². The van der Waals surface area contributed by atoms with Gasteiger partial charge < -0.3 is 14.4 Å². The van der Waals surface area contributed by atoms with Gasteiger partial charge in [-0.25, -0.2) is 0 Å². The zero-order valence-electron chi connectivity index (χ0n) is 13.1. The van der Waals surface area contributed by atoms with Crippen LogP contribution in [0, 0.1) is 0 Å². The summed E-state index contributed by atoms with van der Waals surface area (Å²) < 4.78 is 39.3. The van der Waals surface area contributed by atoms with Crippen LogP contribution in [0.4, 0.5) is 13.2 Å². The molecule has 1 saturated heterocycles. The first-order chi connectivity index (χ1) is 11.4. The summed E-state index contributed by atoms with van der Waals surface area (Å²) in [6.07, 6.45) is -2.38. The number of nitrogens with zero attached hydrogens (tertiary/aromatic N) is 5. The summed E-state index contributed by atoms with van der Waals surface area (Å²) in [5.74, 6) is -1.20. The SMILES string of the molecule is O=C(CCC(=O)N1CCn2c(nnc2C(F)(F)F)C1)N1CCCC1. The van der Waals surface area contributed by atoms with Crippen LogP contribution in [0.15, 0.2) is 0 Å². The van der Waals surface area contributed by atoms with Crippen LogP contribution >= 0.6 is 0 Å². The highest BCUT2D eigenvalue weighted by Crippen LogP contribution is 2.29. The third-order valence-corrected chi connectivity index (χ3v) is 4.37. The van der Waals surface area contributed by atoms with Crippen molar-refractivity contribution in [3.63, 3.8) is 0 Å². The van der Waals surface area contributed by atoms with Gasteiger partial charge in [0.15, 0.2) is 5.82 Å². The van der Waals surface area contributed by atoms with Crippen molar-refractivity contribution in [2.45, 2.75) is 44.9 Å². The largest absolute Gasteiger partial charge is 0.451 e. The fourth-order valence-corrected chi connectivity index (χ4v) is 3.08. The van der Waals surface area contributed by atoms with Crippen LogP contribution in [0.25, 0.3) is 0 Å². The van der Waals surface area contributed by atoms with E-state index in [0.717, 1.165) is 30.5 Å². The van der Waals surface area contributed by atoms with E-state index < -0.39 is 12.0 Å². The predicted molar refractivity (Wildman–Crippen MR) is 75.5 cm³/mol. The Hall–Kier alpha value is -2.13. The van der Waals surface area contributed by atoms with E-state index in [2.05, 4.69) is 10.2 Å². The number of fused-ring (bicyclic) bond motifs is 1. The number of hydrogen-bond acceptors (Lipinski definition) is 4. The monoisotopic (exact) mass is 345 g/mol. The molecule has 0 spiro atoms. The molecule has 1 aromatic rings. The lowest BCUT2D eigenvalue weighted by atomic mass is 10.2. The molecule has 2 amide bonds.